The molecule has 5 rings (SSSR count). The number of carbonyl (C=O) groups is 1. The van der Waals surface area contributed by atoms with E-state index in [-0.39, 0.29) is 29.2 Å². The molecule has 8 heteroatoms. The van der Waals surface area contributed by atoms with Gasteiger partial charge in [-0.1, -0.05) is 12.1 Å². The van der Waals surface area contributed by atoms with Crippen molar-refractivity contribution in [2.24, 2.45) is 0 Å². The number of nitrogens with zero attached hydrogens (tertiary/aromatic N) is 4. The van der Waals surface area contributed by atoms with E-state index in [2.05, 4.69) is 21.3 Å². The summed E-state index contributed by atoms with van der Waals surface area (Å²) in [7, 11) is 0. The second-order valence-electron chi connectivity index (χ2n) is 10.0. The molecule has 3 aromatic heterocycles. The van der Waals surface area contributed by atoms with Gasteiger partial charge in [0.05, 0.1) is 23.4 Å². The number of nitriles is 1. The monoisotopic (exact) mass is 485 g/mol. The first-order valence-electron chi connectivity index (χ1n) is 12.7. The van der Waals surface area contributed by atoms with E-state index in [1.54, 1.807) is 28.9 Å². The van der Waals surface area contributed by atoms with Gasteiger partial charge in [0, 0.05) is 38.1 Å². The van der Waals surface area contributed by atoms with Crippen molar-refractivity contribution < 1.29 is 9.90 Å². The first kappa shape index (κ1) is 24.2. The molecule has 1 aliphatic carbocycles. The first-order chi connectivity index (χ1) is 17.5. The molecule has 1 saturated heterocycles. The van der Waals surface area contributed by atoms with Gasteiger partial charge in [0.2, 0.25) is 0 Å². The molecular formula is C28H31N5O3. The molecule has 36 heavy (non-hydrogen) atoms. The van der Waals surface area contributed by atoms with Crippen molar-refractivity contribution in [2.45, 2.75) is 62.6 Å². The van der Waals surface area contributed by atoms with Crippen LogP contribution in [-0.4, -0.2) is 50.5 Å². The standard InChI is InChI=1S/C28H31N5O3/c29-19-28(25-6-1-3-13-30-25)11-15-32(16-12-28)18-20-17-23(27(36)33-14-4-2-5-24(20)33)26(35)31-21-7-9-22(34)10-8-21/h1-6,13-14,17,21-22,34H,7-12,15-16,18H2,(H,31,35). The minimum Gasteiger partial charge on any atom is -0.393 e. The highest BCUT2D eigenvalue weighted by atomic mass is 16.3. The molecule has 0 atom stereocenters. The van der Waals surface area contributed by atoms with Crippen LogP contribution >= 0.6 is 0 Å². The fraction of sp³-hybridized carbons (Fsp3) is 0.429. The van der Waals surface area contributed by atoms with Gasteiger partial charge < -0.3 is 10.4 Å². The Labute approximate surface area is 210 Å². The van der Waals surface area contributed by atoms with E-state index in [1.165, 1.54) is 0 Å². The summed E-state index contributed by atoms with van der Waals surface area (Å²) in [5.74, 6) is -0.363. The van der Waals surface area contributed by atoms with Crippen LogP contribution in [0.25, 0.3) is 5.52 Å². The molecule has 8 nitrogen and oxygen atoms in total. The van der Waals surface area contributed by atoms with E-state index in [9.17, 15) is 20.0 Å². The second-order valence-corrected chi connectivity index (χ2v) is 10.0. The number of rotatable bonds is 5. The third-order valence-electron chi connectivity index (χ3n) is 7.71. The largest absolute Gasteiger partial charge is 0.393 e. The predicted molar refractivity (Wildman–Crippen MR) is 135 cm³/mol. The number of aliphatic hydroxyl groups excluding tert-OH is 1. The minimum atomic E-state index is -0.591. The molecular weight excluding hydrogens is 454 g/mol. The molecule has 0 bridgehead atoms. The lowest BCUT2D eigenvalue weighted by Gasteiger charge is -2.37. The summed E-state index contributed by atoms with van der Waals surface area (Å²) in [4.78, 5) is 33.1. The zero-order chi connectivity index (χ0) is 25.1. The number of aromatic nitrogens is 2. The van der Waals surface area contributed by atoms with E-state index in [0.29, 0.717) is 58.2 Å². The average Bonchev–Trinajstić information content (AvgIpc) is 2.92. The van der Waals surface area contributed by atoms with Crippen molar-refractivity contribution in [2.75, 3.05) is 13.1 Å². The summed E-state index contributed by atoms with van der Waals surface area (Å²) in [6, 6.07) is 15.5. The summed E-state index contributed by atoms with van der Waals surface area (Å²) in [6.45, 7) is 2.01. The van der Waals surface area contributed by atoms with Crippen LogP contribution in [0.3, 0.4) is 0 Å². The van der Waals surface area contributed by atoms with Gasteiger partial charge in [-0.2, -0.15) is 5.26 Å². The lowest BCUT2D eigenvalue weighted by molar-refractivity contribution is 0.0866. The zero-order valence-electron chi connectivity index (χ0n) is 20.3. The van der Waals surface area contributed by atoms with Gasteiger partial charge >= 0.3 is 0 Å². The maximum atomic E-state index is 13.2. The number of aliphatic hydroxyl groups is 1. The minimum absolute atomic E-state index is 0.0342. The lowest BCUT2D eigenvalue weighted by Crippen LogP contribution is -2.42. The fourth-order valence-corrected chi connectivity index (χ4v) is 5.50. The maximum absolute atomic E-state index is 13.2. The van der Waals surface area contributed by atoms with E-state index in [4.69, 9.17) is 0 Å². The summed E-state index contributed by atoms with van der Waals surface area (Å²) < 4.78 is 1.55. The van der Waals surface area contributed by atoms with E-state index < -0.39 is 5.41 Å². The van der Waals surface area contributed by atoms with Crippen LogP contribution in [-0.2, 0) is 12.0 Å². The third-order valence-corrected chi connectivity index (χ3v) is 7.71. The van der Waals surface area contributed by atoms with Crippen LogP contribution in [0.2, 0.25) is 0 Å². The third kappa shape index (κ3) is 4.77. The van der Waals surface area contributed by atoms with Crippen LogP contribution in [0, 0.1) is 11.3 Å². The van der Waals surface area contributed by atoms with E-state index >= 15 is 0 Å². The molecule has 1 saturated carbocycles. The van der Waals surface area contributed by atoms with E-state index in [1.807, 2.05) is 30.3 Å². The number of nitrogens with one attached hydrogen (secondary N) is 1. The number of pyridine rings is 3. The van der Waals surface area contributed by atoms with Crippen LogP contribution in [0.15, 0.2) is 59.7 Å². The molecule has 4 heterocycles. The van der Waals surface area contributed by atoms with Crippen molar-refractivity contribution in [3.63, 3.8) is 0 Å². The van der Waals surface area contributed by atoms with Gasteiger partial charge in [-0.25, -0.2) is 0 Å². The highest BCUT2D eigenvalue weighted by Gasteiger charge is 2.37. The maximum Gasteiger partial charge on any atom is 0.267 e. The predicted octanol–water partition coefficient (Wildman–Crippen LogP) is 2.79. The van der Waals surface area contributed by atoms with Crippen molar-refractivity contribution in [1.82, 2.24) is 19.6 Å². The normalized spacial score (nSPS) is 22.1. The Kier molecular flexibility index (Phi) is 6.86. The van der Waals surface area contributed by atoms with Gasteiger partial charge in [0.15, 0.2) is 0 Å². The molecule has 2 N–H and O–H groups in total. The number of piperidine rings is 1. The van der Waals surface area contributed by atoms with Crippen LogP contribution < -0.4 is 10.9 Å². The number of likely N-dealkylation sites (tertiary alicyclic amines) is 1. The highest BCUT2D eigenvalue weighted by Crippen LogP contribution is 2.34. The topological polar surface area (TPSA) is 111 Å². The molecule has 186 valence electrons. The van der Waals surface area contributed by atoms with Crippen molar-refractivity contribution in [3.05, 3.63) is 82.0 Å². The van der Waals surface area contributed by atoms with Crippen LogP contribution in [0.5, 0.6) is 0 Å². The molecule has 3 aromatic rings. The number of fused-ring (bicyclic) bond motifs is 1. The Morgan fingerprint density at radius 1 is 1.14 bits per heavy atom. The zero-order valence-corrected chi connectivity index (χ0v) is 20.3. The Morgan fingerprint density at radius 2 is 1.89 bits per heavy atom. The molecule has 2 aliphatic rings. The smallest absolute Gasteiger partial charge is 0.267 e. The van der Waals surface area contributed by atoms with Crippen LogP contribution in [0.4, 0.5) is 0 Å². The Balaban J connectivity index is 1.37. The van der Waals surface area contributed by atoms with Gasteiger partial charge in [-0.15, -0.1) is 0 Å². The summed E-state index contributed by atoms with van der Waals surface area (Å²) in [5, 5.41) is 22.7. The number of amides is 1. The fourth-order valence-electron chi connectivity index (χ4n) is 5.50. The lowest BCUT2D eigenvalue weighted by atomic mass is 9.76. The van der Waals surface area contributed by atoms with Gasteiger partial charge in [0.25, 0.3) is 11.5 Å². The highest BCUT2D eigenvalue weighted by molar-refractivity contribution is 5.94. The SMILES string of the molecule is N#CC1(c2ccccn2)CCN(Cc2cc(C(=O)NC3CCC(O)CC3)c(=O)n3ccccc23)CC1. The summed E-state index contributed by atoms with van der Waals surface area (Å²) in [6.07, 6.45) is 7.20. The van der Waals surface area contributed by atoms with E-state index in [0.717, 1.165) is 16.8 Å². The quantitative estimate of drug-likeness (QED) is 0.575. The van der Waals surface area contributed by atoms with Crippen molar-refractivity contribution in [1.29, 1.82) is 5.26 Å². The van der Waals surface area contributed by atoms with Crippen molar-refractivity contribution >= 4 is 11.4 Å². The second kappa shape index (κ2) is 10.2. The Bertz CT molecular complexity index is 1330. The molecule has 2 fully saturated rings. The first-order valence-corrected chi connectivity index (χ1v) is 12.7. The van der Waals surface area contributed by atoms with Gasteiger partial charge in [-0.05, 0) is 74.4 Å². The Morgan fingerprint density at radius 3 is 2.58 bits per heavy atom. The molecule has 0 radical (unpaired) electrons. The van der Waals surface area contributed by atoms with Crippen LogP contribution in [0.1, 0.15) is 60.1 Å². The van der Waals surface area contributed by atoms with Gasteiger partial charge in [0.1, 0.15) is 11.0 Å². The number of carbonyl (C=O) groups excluding carboxylic acids is 1. The number of hydrogen-bond acceptors (Lipinski definition) is 6. The number of hydrogen-bond donors (Lipinski definition) is 2. The van der Waals surface area contributed by atoms with Crippen molar-refractivity contribution in [3.8, 4) is 6.07 Å². The summed E-state index contributed by atoms with van der Waals surface area (Å²) in [5.41, 5.74) is 1.71. The molecule has 0 aromatic carbocycles. The molecule has 1 aliphatic heterocycles. The molecule has 0 unspecified atom stereocenters. The molecule has 1 amide bonds. The summed E-state index contributed by atoms with van der Waals surface area (Å²) >= 11 is 0. The average molecular weight is 486 g/mol. The Hall–Kier alpha value is -3.54. The van der Waals surface area contributed by atoms with Gasteiger partial charge in [-0.3, -0.25) is 23.9 Å². The molecule has 0 spiro atoms.